The molecule has 0 bridgehead atoms. The minimum Gasteiger partial charge on any atom is -0.310 e. The summed E-state index contributed by atoms with van der Waals surface area (Å²) < 4.78 is 7.39. The molecule has 0 radical (unpaired) electrons. The Bertz CT molecular complexity index is 1180. The van der Waals surface area contributed by atoms with Gasteiger partial charge in [-0.3, -0.25) is 4.79 Å². The van der Waals surface area contributed by atoms with Gasteiger partial charge in [-0.05, 0) is 71.6 Å². The van der Waals surface area contributed by atoms with Crippen LogP contribution in [-0.4, -0.2) is 19.3 Å². The van der Waals surface area contributed by atoms with Crippen molar-refractivity contribution in [1.82, 2.24) is 9.36 Å². The molecule has 1 saturated carbocycles. The first kappa shape index (κ1) is 17.9. The summed E-state index contributed by atoms with van der Waals surface area (Å²) in [6.07, 6.45) is 5.59. The summed E-state index contributed by atoms with van der Waals surface area (Å²) >= 11 is 1.62. The lowest BCUT2D eigenvalue weighted by Crippen LogP contribution is -2.15. The molecule has 0 saturated heterocycles. The molecule has 1 aliphatic carbocycles. The van der Waals surface area contributed by atoms with Crippen LogP contribution in [0.1, 0.15) is 27.9 Å². The lowest BCUT2D eigenvalue weighted by Gasteiger charge is -2.20. The van der Waals surface area contributed by atoms with Crippen LogP contribution in [0.4, 0.5) is 5.82 Å². The highest BCUT2D eigenvalue weighted by Gasteiger charge is 2.43. The number of rotatable bonds is 4. The van der Waals surface area contributed by atoms with E-state index < -0.39 is 0 Å². The van der Waals surface area contributed by atoms with E-state index in [1.807, 2.05) is 18.5 Å². The van der Waals surface area contributed by atoms with Gasteiger partial charge in [-0.2, -0.15) is 5.26 Å². The predicted molar refractivity (Wildman–Crippen MR) is 121 cm³/mol. The molecule has 0 spiro atoms. The third kappa shape index (κ3) is 3.14. The SMILES string of the molecule is Cc1cnsc1-c1cc([C@H]2CC=I2)c2cnc(NC(=O)[C@@H]3C[C@H]3C#N)cc2c1. The van der Waals surface area contributed by atoms with Gasteiger partial charge in [0.25, 0.3) is 0 Å². The topological polar surface area (TPSA) is 78.7 Å². The quantitative estimate of drug-likeness (QED) is 0.405. The number of amides is 1. The average Bonchev–Trinajstić information content (AvgIpc) is 3.32. The fraction of sp³-hybridized carbons (Fsp3) is 0.286. The fourth-order valence-electron chi connectivity index (χ4n) is 3.53. The van der Waals surface area contributed by atoms with E-state index in [1.54, 1.807) is 0 Å². The van der Waals surface area contributed by atoms with Crippen LogP contribution in [0.15, 0.2) is 30.6 Å². The van der Waals surface area contributed by atoms with Gasteiger partial charge >= 0.3 is 0 Å². The molecule has 1 aromatic carbocycles. The van der Waals surface area contributed by atoms with Gasteiger partial charge in [0, 0.05) is 21.7 Å². The Hall–Kier alpha value is -2.18. The number of hydrogen-bond acceptors (Lipinski definition) is 5. The standard InChI is InChI=1S/C21H17IN4OS/c1-11-9-25-28-20(11)13-4-12-7-19(26-21(27)15-6-14(15)8-23)24-10-17(12)16(5-13)18-2-3-22-18/h3-5,7,9-10,14-15,18H,2,6H2,1H3,(H,24,26,27)/t14-,15+,18+/m0/s1. The van der Waals surface area contributed by atoms with E-state index in [9.17, 15) is 4.79 Å². The van der Waals surface area contributed by atoms with Crippen molar-refractivity contribution in [3.8, 4) is 16.5 Å². The van der Waals surface area contributed by atoms with Crippen molar-refractivity contribution in [2.45, 2.75) is 23.7 Å². The van der Waals surface area contributed by atoms with E-state index in [2.05, 4.69) is 43.8 Å². The molecule has 1 fully saturated rings. The number of alkyl halides is 1. The number of benzene rings is 1. The summed E-state index contributed by atoms with van der Waals surface area (Å²) in [5.41, 5.74) is 3.74. The number of anilines is 1. The van der Waals surface area contributed by atoms with Gasteiger partial charge in [0.05, 0.1) is 22.8 Å². The third-order valence-electron chi connectivity index (χ3n) is 5.30. The smallest absolute Gasteiger partial charge is 0.230 e. The Balaban J connectivity index is 1.56. The predicted octanol–water partition coefficient (Wildman–Crippen LogP) is 4.98. The number of aromatic nitrogens is 2. The molecule has 0 unspecified atom stereocenters. The van der Waals surface area contributed by atoms with Crippen molar-refractivity contribution in [3.05, 3.63) is 41.7 Å². The monoisotopic (exact) mass is 500 g/mol. The van der Waals surface area contributed by atoms with Gasteiger partial charge in [0.15, 0.2) is 0 Å². The second-order valence-corrected chi connectivity index (χ2v) is 11.1. The zero-order chi connectivity index (χ0) is 19.3. The van der Waals surface area contributed by atoms with Crippen LogP contribution in [0.25, 0.3) is 21.2 Å². The summed E-state index contributed by atoms with van der Waals surface area (Å²) in [7, 11) is 0. The molecule has 28 heavy (non-hydrogen) atoms. The Morgan fingerprint density at radius 3 is 2.86 bits per heavy atom. The first-order valence-electron chi connectivity index (χ1n) is 9.13. The maximum absolute atomic E-state index is 12.3. The molecule has 5 nitrogen and oxygen atoms in total. The molecule has 3 atom stereocenters. The summed E-state index contributed by atoms with van der Waals surface area (Å²) in [6.45, 7) is 2.09. The second kappa shape index (κ2) is 7.01. The summed E-state index contributed by atoms with van der Waals surface area (Å²) in [4.78, 5) is 18.0. The number of nitriles is 1. The van der Waals surface area contributed by atoms with Gasteiger partial charge in [0.1, 0.15) is 5.82 Å². The molecular formula is C21H17IN4OS. The molecule has 5 rings (SSSR count). The molecule has 2 aliphatic rings. The third-order valence-corrected chi connectivity index (χ3v) is 9.31. The van der Waals surface area contributed by atoms with Crippen molar-refractivity contribution in [2.75, 3.05) is 5.32 Å². The minimum atomic E-state index is -0.195. The van der Waals surface area contributed by atoms with Crippen LogP contribution in [0.3, 0.4) is 0 Å². The van der Waals surface area contributed by atoms with E-state index in [0.717, 1.165) is 11.8 Å². The number of hydrogen-bond donors (Lipinski definition) is 1. The first-order chi connectivity index (χ1) is 13.6. The van der Waals surface area contributed by atoms with Crippen LogP contribution in [0.5, 0.6) is 0 Å². The summed E-state index contributed by atoms with van der Waals surface area (Å²) in [5.74, 6) is 0.110. The van der Waals surface area contributed by atoms with Crippen molar-refractivity contribution in [3.63, 3.8) is 0 Å². The molecule has 1 aliphatic heterocycles. The number of halogens is 1. The van der Waals surface area contributed by atoms with Crippen molar-refractivity contribution in [1.29, 1.82) is 5.26 Å². The van der Waals surface area contributed by atoms with E-state index in [0.29, 0.717) is 16.2 Å². The van der Waals surface area contributed by atoms with Gasteiger partial charge < -0.3 is 5.32 Å². The maximum atomic E-state index is 12.3. The number of carbonyl (C=O) groups excluding carboxylic acids is 1. The molecule has 140 valence electrons. The molecule has 7 heteroatoms. The normalized spacial score (nSPS) is 22.8. The molecule has 3 heterocycles. The second-order valence-electron chi connectivity index (χ2n) is 7.24. The Kier molecular flexibility index (Phi) is 4.48. The van der Waals surface area contributed by atoms with E-state index in [1.165, 1.54) is 38.5 Å². The van der Waals surface area contributed by atoms with Crippen LogP contribution in [0, 0.1) is 30.1 Å². The van der Waals surface area contributed by atoms with E-state index in [-0.39, 0.29) is 38.5 Å². The number of carbonyl (C=O) groups is 1. The minimum absolute atomic E-state index is 0.0971. The average molecular weight is 500 g/mol. The Labute approximate surface area is 176 Å². The zero-order valence-electron chi connectivity index (χ0n) is 15.1. The highest BCUT2D eigenvalue weighted by Crippen LogP contribution is 2.44. The Morgan fingerprint density at radius 2 is 2.21 bits per heavy atom. The van der Waals surface area contributed by atoms with E-state index >= 15 is 0 Å². The molecular weight excluding hydrogens is 483 g/mol. The highest BCUT2D eigenvalue weighted by atomic mass is 127. The highest BCUT2D eigenvalue weighted by molar-refractivity contribution is 14.2. The fourth-order valence-corrected chi connectivity index (χ4v) is 6.19. The number of pyridine rings is 1. The lowest BCUT2D eigenvalue weighted by molar-refractivity contribution is -0.117. The van der Waals surface area contributed by atoms with Crippen molar-refractivity contribution in [2.24, 2.45) is 11.8 Å². The Morgan fingerprint density at radius 1 is 1.36 bits per heavy atom. The number of aryl methyl sites for hydroxylation is 1. The molecule has 3 aromatic rings. The number of nitrogens with one attached hydrogen (secondary N) is 1. The molecule has 1 amide bonds. The molecule has 2 aromatic heterocycles. The van der Waals surface area contributed by atoms with Crippen LogP contribution in [0.2, 0.25) is 0 Å². The zero-order valence-corrected chi connectivity index (χ0v) is 18.1. The largest absolute Gasteiger partial charge is 0.310 e. The van der Waals surface area contributed by atoms with Crippen LogP contribution in [-0.2, 0) is 4.79 Å². The summed E-state index contributed by atoms with van der Waals surface area (Å²) in [5, 5.41) is 14.1. The van der Waals surface area contributed by atoms with Crippen LogP contribution < -0.4 is 5.32 Å². The van der Waals surface area contributed by atoms with Crippen molar-refractivity contribution >= 4 is 58.8 Å². The van der Waals surface area contributed by atoms with Gasteiger partial charge in [0.2, 0.25) is 5.91 Å². The number of fused-ring (bicyclic) bond motifs is 1. The number of nitrogens with zero attached hydrogens (tertiary/aromatic N) is 3. The van der Waals surface area contributed by atoms with Gasteiger partial charge in [-0.1, -0.05) is 4.01 Å². The first-order valence-corrected chi connectivity index (χ1v) is 12.4. The van der Waals surface area contributed by atoms with Gasteiger partial charge in [-0.15, -0.1) is 20.7 Å². The molecule has 1 N–H and O–H groups in total. The lowest BCUT2D eigenvalue weighted by atomic mass is 9.97. The van der Waals surface area contributed by atoms with Crippen LogP contribution >= 0.6 is 32.3 Å². The van der Waals surface area contributed by atoms with Gasteiger partial charge in [-0.25, -0.2) is 9.36 Å². The maximum Gasteiger partial charge on any atom is 0.230 e. The van der Waals surface area contributed by atoms with E-state index in [4.69, 9.17) is 5.26 Å². The van der Waals surface area contributed by atoms with Crippen molar-refractivity contribution < 1.29 is 4.79 Å². The summed E-state index contributed by atoms with van der Waals surface area (Å²) in [6, 6.07) is 8.60.